The van der Waals surface area contributed by atoms with Crippen LogP contribution in [0.4, 0.5) is 14.5 Å². The van der Waals surface area contributed by atoms with E-state index < -0.39 is 6.61 Å². The summed E-state index contributed by atoms with van der Waals surface area (Å²) in [5.41, 5.74) is 2.20. The largest absolute Gasteiger partial charge is 0.492 e. The van der Waals surface area contributed by atoms with Crippen LogP contribution in [0.1, 0.15) is 18.1 Å². The van der Waals surface area contributed by atoms with Gasteiger partial charge in [0.2, 0.25) is 5.91 Å². The molecule has 0 bridgehead atoms. The molecule has 0 radical (unpaired) electrons. The first-order valence-electron chi connectivity index (χ1n) is 9.36. The number of guanidine groups is 1. The number of hydrogen-bond acceptors (Lipinski definition) is 4. The molecule has 0 heterocycles. The summed E-state index contributed by atoms with van der Waals surface area (Å²) in [6, 6.07) is 12.1. The van der Waals surface area contributed by atoms with Gasteiger partial charge in [0.25, 0.3) is 0 Å². The van der Waals surface area contributed by atoms with Crippen molar-refractivity contribution in [2.75, 3.05) is 25.5 Å². The summed E-state index contributed by atoms with van der Waals surface area (Å²) in [6.45, 7) is 1.51. The fraction of sp³-hybridized carbons (Fsp3) is 0.333. The zero-order valence-electron chi connectivity index (χ0n) is 17.6. The number of halogens is 3. The summed E-state index contributed by atoms with van der Waals surface area (Å²) in [7, 11) is 1.61. The normalized spacial score (nSPS) is 10.8. The van der Waals surface area contributed by atoms with Gasteiger partial charge in [0.1, 0.15) is 18.1 Å². The van der Waals surface area contributed by atoms with Gasteiger partial charge in [0.15, 0.2) is 5.96 Å². The predicted molar refractivity (Wildman–Crippen MR) is 128 cm³/mol. The van der Waals surface area contributed by atoms with Crippen molar-refractivity contribution in [1.29, 1.82) is 0 Å². The number of ether oxygens (including phenoxy) is 2. The summed E-state index contributed by atoms with van der Waals surface area (Å²) < 4.78 is 35.4. The molecule has 0 aliphatic rings. The minimum atomic E-state index is -2.88. The van der Waals surface area contributed by atoms with Crippen molar-refractivity contribution in [3.8, 4) is 11.5 Å². The maximum absolute atomic E-state index is 12.6. The van der Waals surface area contributed by atoms with Crippen molar-refractivity contribution in [2.45, 2.75) is 27.0 Å². The van der Waals surface area contributed by atoms with Crippen LogP contribution in [0, 0.1) is 6.92 Å². The van der Waals surface area contributed by atoms with Crippen LogP contribution in [0.15, 0.2) is 47.5 Å². The van der Waals surface area contributed by atoms with E-state index >= 15 is 0 Å². The molecule has 3 N–H and O–H groups in total. The van der Waals surface area contributed by atoms with Crippen LogP contribution in [-0.2, 0) is 11.3 Å². The Bertz CT molecular complexity index is 881. The second-order valence-corrected chi connectivity index (χ2v) is 6.40. The molecule has 2 aromatic carbocycles. The molecule has 0 aromatic heterocycles. The highest BCUT2D eigenvalue weighted by Crippen LogP contribution is 2.22. The quantitative estimate of drug-likeness (QED) is 0.192. The van der Waals surface area contributed by atoms with Crippen molar-refractivity contribution in [2.24, 2.45) is 4.99 Å². The van der Waals surface area contributed by atoms with Gasteiger partial charge in [-0.25, -0.2) is 0 Å². The molecular weight excluding hydrogens is 521 g/mol. The summed E-state index contributed by atoms with van der Waals surface area (Å²) in [4.78, 5) is 15.2. The third kappa shape index (κ3) is 9.81. The number of carbonyl (C=O) groups is 1. The fourth-order valence-corrected chi connectivity index (χ4v) is 2.66. The Morgan fingerprint density at radius 3 is 2.61 bits per heavy atom. The Labute approximate surface area is 197 Å². The monoisotopic (exact) mass is 548 g/mol. The van der Waals surface area contributed by atoms with E-state index in [9.17, 15) is 13.6 Å². The lowest BCUT2D eigenvalue weighted by Gasteiger charge is -2.15. The third-order valence-electron chi connectivity index (χ3n) is 3.92. The van der Waals surface area contributed by atoms with Crippen molar-refractivity contribution in [3.63, 3.8) is 0 Å². The second-order valence-electron chi connectivity index (χ2n) is 6.40. The Kier molecular flexibility index (Phi) is 11.6. The first-order valence-corrected chi connectivity index (χ1v) is 9.36. The highest BCUT2D eigenvalue weighted by Gasteiger charge is 2.10. The zero-order valence-corrected chi connectivity index (χ0v) is 19.9. The van der Waals surface area contributed by atoms with Gasteiger partial charge in [0, 0.05) is 37.8 Å². The summed E-state index contributed by atoms with van der Waals surface area (Å²) in [5, 5.41) is 8.85. The van der Waals surface area contributed by atoms with Crippen LogP contribution in [0.5, 0.6) is 11.5 Å². The van der Waals surface area contributed by atoms with Gasteiger partial charge in [-0.1, -0.05) is 23.8 Å². The molecule has 7 nitrogen and oxygen atoms in total. The molecule has 0 fully saturated rings. The average molecular weight is 548 g/mol. The predicted octanol–water partition coefficient (Wildman–Crippen LogP) is 3.92. The number of anilines is 1. The van der Waals surface area contributed by atoms with E-state index in [4.69, 9.17) is 4.74 Å². The SMILES string of the molecule is CN=C(NCCOc1cccc(NC(C)=O)c1)NCc1cc(C)ccc1OC(F)F.I. The number of aliphatic imine (C=N–C) groups is 1. The maximum Gasteiger partial charge on any atom is 0.387 e. The molecular formula is C21H27F2IN4O3. The summed E-state index contributed by atoms with van der Waals surface area (Å²) in [6.07, 6.45) is 0. The first kappa shape index (κ1) is 26.4. The van der Waals surface area contributed by atoms with Crippen LogP contribution in [0.2, 0.25) is 0 Å². The van der Waals surface area contributed by atoms with Gasteiger partial charge in [-0.15, -0.1) is 24.0 Å². The molecule has 170 valence electrons. The Morgan fingerprint density at radius 1 is 1.16 bits per heavy atom. The minimum absolute atomic E-state index is 0. The van der Waals surface area contributed by atoms with Gasteiger partial charge in [-0.05, 0) is 25.1 Å². The second kappa shape index (κ2) is 13.6. The van der Waals surface area contributed by atoms with E-state index in [1.165, 1.54) is 13.0 Å². The number of amides is 1. The van der Waals surface area contributed by atoms with Gasteiger partial charge in [-0.2, -0.15) is 8.78 Å². The summed E-state index contributed by atoms with van der Waals surface area (Å²) in [5.74, 6) is 1.09. The Balaban J connectivity index is 0.00000480. The molecule has 0 unspecified atom stereocenters. The molecule has 0 atom stereocenters. The van der Waals surface area contributed by atoms with Crippen molar-refractivity contribution in [3.05, 3.63) is 53.6 Å². The minimum Gasteiger partial charge on any atom is -0.492 e. The number of nitrogens with one attached hydrogen (secondary N) is 3. The molecule has 0 aliphatic carbocycles. The number of alkyl halides is 2. The van der Waals surface area contributed by atoms with E-state index in [2.05, 4.69) is 25.7 Å². The van der Waals surface area contributed by atoms with Crippen molar-refractivity contribution < 1.29 is 23.0 Å². The van der Waals surface area contributed by atoms with Gasteiger partial charge >= 0.3 is 6.61 Å². The number of carbonyl (C=O) groups excluding carboxylic acids is 1. The lowest BCUT2D eigenvalue weighted by Crippen LogP contribution is -2.39. The molecule has 1 amide bonds. The van der Waals surface area contributed by atoms with Crippen LogP contribution >= 0.6 is 24.0 Å². The Hall–Kier alpha value is -2.63. The molecule has 10 heteroatoms. The number of aryl methyl sites for hydroxylation is 1. The van der Waals surface area contributed by atoms with Crippen LogP contribution in [-0.4, -0.2) is 38.7 Å². The van der Waals surface area contributed by atoms with Crippen molar-refractivity contribution >= 4 is 41.5 Å². The number of benzene rings is 2. The smallest absolute Gasteiger partial charge is 0.387 e. The van der Waals surface area contributed by atoms with Crippen molar-refractivity contribution in [1.82, 2.24) is 10.6 Å². The molecule has 0 saturated heterocycles. The van der Waals surface area contributed by atoms with Crippen LogP contribution in [0.25, 0.3) is 0 Å². The van der Waals surface area contributed by atoms with Crippen LogP contribution in [0.3, 0.4) is 0 Å². The number of rotatable bonds is 9. The average Bonchev–Trinajstić information content (AvgIpc) is 2.68. The molecule has 0 spiro atoms. The zero-order chi connectivity index (χ0) is 21.9. The number of nitrogens with zero attached hydrogens (tertiary/aromatic N) is 1. The first-order chi connectivity index (χ1) is 14.4. The molecule has 31 heavy (non-hydrogen) atoms. The Morgan fingerprint density at radius 2 is 1.94 bits per heavy atom. The molecule has 2 rings (SSSR count). The maximum atomic E-state index is 12.6. The lowest BCUT2D eigenvalue weighted by atomic mass is 10.1. The molecule has 0 saturated carbocycles. The van der Waals surface area contributed by atoms with E-state index in [1.54, 1.807) is 43.4 Å². The molecule has 0 aliphatic heterocycles. The van der Waals surface area contributed by atoms with Gasteiger partial charge < -0.3 is 25.4 Å². The highest BCUT2D eigenvalue weighted by atomic mass is 127. The summed E-state index contributed by atoms with van der Waals surface area (Å²) >= 11 is 0. The topological polar surface area (TPSA) is 84.0 Å². The van der Waals surface area contributed by atoms with Gasteiger partial charge in [0.05, 0.1) is 6.54 Å². The lowest BCUT2D eigenvalue weighted by molar-refractivity contribution is -0.114. The van der Waals surface area contributed by atoms with E-state index in [-0.39, 0.29) is 42.2 Å². The third-order valence-corrected chi connectivity index (χ3v) is 3.92. The van der Waals surface area contributed by atoms with Crippen LogP contribution < -0.4 is 25.4 Å². The molecule has 2 aromatic rings. The van der Waals surface area contributed by atoms with E-state index in [0.717, 1.165) is 5.56 Å². The number of hydrogen-bond donors (Lipinski definition) is 3. The highest BCUT2D eigenvalue weighted by molar-refractivity contribution is 14.0. The van der Waals surface area contributed by atoms with Gasteiger partial charge in [-0.3, -0.25) is 9.79 Å². The standard InChI is InChI=1S/C21H26F2N4O3.HI/c1-14-7-8-19(30-20(22)23)16(11-14)13-26-21(24-3)25-9-10-29-18-6-4-5-17(12-18)27-15(2)28;/h4-8,11-12,20H,9-10,13H2,1-3H3,(H,27,28)(H2,24,25,26);1H. The van der Waals surface area contributed by atoms with E-state index in [1.807, 2.05) is 6.92 Å². The fourth-order valence-electron chi connectivity index (χ4n) is 2.66. The van der Waals surface area contributed by atoms with E-state index in [0.29, 0.717) is 36.1 Å².